The number of halogens is 1. The van der Waals surface area contributed by atoms with E-state index in [1.165, 1.54) is 36.2 Å². The fourth-order valence-corrected chi connectivity index (χ4v) is 5.22. The number of likely N-dealkylation sites (tertiary alicyclic amines) is 1. The summed E-state index contributed by atoms with van der Waals surface area (Å²) in [5, 5.41) is 1.13. The SMILES string of the molecule is Cc1ccc2nc(/N=C3\C(=O)N(CN4CCCCC4)c4cccc(Cl)c43)sc2c1. The molecule has 3 aromatic rings. The van der Waals surface area contributed by atoms with Gasteiger partial charge in [0.1, 0.15) is 5.71 Å². The van der Waals surface area contributed by atoms with Crippen LogP contribution in [0.1, 0.15) is 30.4 Å². The van der Waals surface area contributed by atoms with Crippen molar-refractivity contribution < 1.29 is 4.79 Å². The lowest BCUT2D eigenvalue weighted by Crippen LogP contribution is -2.43. The molecule has 5 nitrogen and oxygen atoms in total. The first-order valence-electron chi connectivity index (χ1n) is 9.89. The second kappa shape index (κ2) is 7.52. The molecule has 3 heterocycles. The van der Waals surface area contributed by atoms with Crippen molar-refractivity contribution in [2.75, 3.05) is 24.7 Å². The van der Waals surface area contributed by atoms with Gasteiger partial charge in [-0.15, -0.1) is 0 Å². The van der Waals surface area contributed by atoms with E-state index in [9.17, 15) is 4.79 Å². The number of nitrogens with zero attached hydrogens (tertiary/aromatic N) is 4. The van der Waals surface area contributed by atoms with Gasteiger partial charge >= 0.3 is 0 Å². The van der Waals surface area contributed by atoms with Crippen molar-refractivity contribution in [1.29, 1.82) is 0 Å². The molecule has 2 aliphatic heterocycles. The van der Waals surface area contributed by atoms with Crippen LogP contribution in [0.3, 0.4) is 0 Å². The van der Waals surface area contributed by atoms with Crippen LogP contribution in [0.25, 0.3) is 10.2 Å². The summed E-state index contributed by atoms with van der Waals surface area (Å²) >= 11 is 8.01. The number of hydrogen-bond donors (Lipinski definition) is 0. The summed E-state index contributed by atoms with van der Waals surface area (Å²) in [6, 6.07) is 11.8. The highest BCUT2D eigenvalue weighted by Gasteiger charge is 2.37. The normalized spacial score (nSPS) is 18.8. The van der Waals surface area contributed by atoms with Crippen LogP contribution >= 0.6 is 22.9 Å². The Balaban J connectivity index is 1.55. The number of anilines is 1. The molecule has 2 aromatic carbocycles. The van der Waals surface area contributed by atoms with E-state index in [2.05, 4.69) is 27.9 Å². The Bertz CT molecular complexity index is 1130. The molecule has 5 rings (SSSR count). The van der Waals surface area contributed by atoms with Crippen molar-refractivity contribution in [3.8, 4) is 0 Å². The summed E-state index contributed by atoms with van der Waals surface area (Å²) < 4.78 is 1.07. The van der Waals surface area contributed by atoms with Gasteiger partial charge in [-0.1, -0.05) is 41.5 Å². The minimum Gasteiger partial charge on any atom is -0.293 e. The number of amides is 1. The number of aliphatic imine (C=N–C) groups is 1. The maximum Gasteiger partial charge on any atom is 0.278 e. The van der Waals surface area contributed by atoms with Crippen LogP contribution in [0.4, 0.5) is 10.8 Å². The third kappa shape index (κ3) is 3.45. The molecule has 7 heteroatoms. The highest BCUT2D eigenvalue weighted by Crippen LogP contribution is 2.37. The van der Waals surface area contributed by atoms with Gasteiger partial charge in [-0.05, 0) is 62.7 Å². The number of thiazole rings is 1. The van der Waals surface area contributed by atoms with Crippen molar-refractivity contribution in [1.82, 2.24) is 9.88 Å². The van der Waals surface area contributed by atoms with Gasteiger partial charge in [0.15, 0.2) is 0 Å². The van der Waals surface area contributed by atoms with E-state index >= 15 is 0 Å². The van der Waals surface area contributed by atoms with Crippen molar-refractivity contribution in [2.45, 2.75) is 26.2 Å². The Morgan fingerprint density at radius 1 is 1.17 bits per heavy atom. The molecule has 148 valence electrons. The third-order valence-corrected chi connectivity index (χ3v) is 6.72. The van der Waals surface area contributed by atoms with Gasteiger partial charge in [0, 0.05) is 5.56 Å². The molecule has 0 unspecified atom stereocenters. The van der Waals surface area contributed by atoms with Gasteiger partial charge in [-0.2, -0.15) is 0 Å². The van der Waals surface area contributed by atoms with Crippen LogP contribution in [0.2, 0.25) is 5.02 Å². The molecular formula is C22H21ClN4OS. The summed E-state index contributed by atoms with van der Waals surface area (Å²) in [4.78, 5) is 26.8. The van der Waals surface area contributed by atoms with E-state index in [0.29, 0.717) is 28.1 Å². The summed E-state index contributed by atoms with van der Waals surface area (Å²) in [5.41, 5.74) is 4.02. The summed E-state index contributed by atoms with van der Waals surface area (Å²) in [5.74, 6) is -0.103. The fraction of sp³-hybridized carbons (Fsp3) is 0.318. The number of aryl methyl sites for hydroxylation is 1. The maximum atomic E-state index is 13.3. The first-order valence-corrected chi connectivity index (χ1v) is 11.1. The lowest BCUT2D eigenvalue weighted by atomic mass is 10.1. The van der Waals surface area contributed by atoms with Gasteiger partial charge in [0.25, 0.3) is 5.91 Å². The third-order valence-electron chi connectivity index (χ3n) is 5.50. The topological polar surface area (TPSA) is 48.8 Å². The highest BCUT2D eigenvalue weighted by atomic mass is 35.5. The zero-order valence-corrected chi connectivity index (χ0v) is 17.8. The first-order chi connectivity index (χ1) is 14.1. The largest absolute Gasteiger partial charge is 0.293 e. The second-order valence-electron chi connectivity index (χ2n) is 7.62. The van der Waals surface area contributed by atoms with Crippen LogP contribution in [0.15, 0.2) is 41.4 Å². The molecule has 1 fully saturated rings. The molecule has 0 radical (unpaired) electrons. The standard InChI is InChI=1S/C22H21ClN4OS/c1-14-8-9-16-18(12-14)29-22(24-16)25-20-19-15(23)6-5-7-17(19)27(21(20)28)13-26-10-3-2-4-11-26/h5-9,12H,2-4,10-11,13H2,1H3/b25-20-. The Morgan fingerprint density at radius 3 is 2.83 bits per heavy atom. The molecular weight excluding hydrogens is 404 g/mol. The van der Waals surface area contributed by atoms with E-state index in [-0.39, 0.29) is 5.91 Å². The molecule has 0 aliphatic carbocycles. The van der Waals surface area contributed by atoms with Gasteiger partial charge in [-0.3, -0.25) is 14.6 Å². The lowest BCUT2D eigenvalue weighted by Gasteiger charge is -2.30. The second-order valence-corrected chi connectivity index (χ2v) is 9.03. The van der Waals surface area contributed by atoms with Gasteiger partial charge in [-0.25, -0.2) is 9.98 Å². The molecule has 0 spiro atoms. The molecule has 0 saturated carbocycles. The number of piperidine rings is 1. The predicted octanol–water partition coefficient (Wildman–Crippen LogP) is 5.17. The Kier molecular flexibility index (Phi) is 4.86. The summed E-state index contributed by atoms with van der Waals surface area (Å²) in [6.07, 6.45) is 3.61. The number of hydrogen-bond acceptors (Lipinski definition) is 5. The Labute approximate surface area is 178 Å². The highest BCUT2D eigenvalue weighted by molar-refractivity contribution is 7.22. The number of aromatic nitrogens is 1. The van der Waals surface area contributed by atoms with E-state index < -0.39 is 0 Å². The van der Waals surface area contributed by atoms with Crippen molar-refractivity contribution in [2.24, 2.45) is 4.99 Å². The van der Waals surface area contributed by atoms with Crippen molar-refractivity contribution >= 4 is 55.6 Å². The zero-order valence-electron chi connectivity index (χ0n) is 16.2. The smallest absolute Gasteiger partial charge is 0.278 e. The molecule has 2 aliphatic rings. The molecule has 1 saturated heterocycles. The Hall–Kier alpha value is -2.28. The lowest BCUT2D eigenvalue weighted by molar-refractivity contribution is -0.112. The average Bonchev–Trinajstić information content (AvgIpc) is 3.23. The molecule has 0 N–H and O–H groups in total. The number of carbonyl (C=O) groups is 1. The van der Waals surface area contributed by atoms with E-state index in [1.54, 1.807) is 0 Å². The minimum absolute atomic E-state index is 0.103. The molecule has 29 heavy (non-hydrogen) atoms. The quantitative estimate of drug-likeness (QED) is 0.582. The summed E-state index contributed by atoms with van der Waals surface area (Å²) in [7, 11) is 0. The van der Waals surface area contributed by atoms with Gasteiger partial charge in [0.2, 0.25) is 5.13 Å². The van der Waals surface area contributed by atoms with E-state index in [4.69, 9.17) is 11.6 Å². The number of carbonyl (C=O) groups excluding carboxylic acids is 1. The molecule has 0 atom stereocenters. The fourth-order valence-electron chi connectivity index (χ4n) is 4.02. The Morgan fingerprint density at radius 2 is 2.00 bits per heavy atom. The van der Waals surface area contributed by atoms with Crippen molar-refractivity contribution in [3.63, 3.8) is 0 Å². The zero-order chi connectivity index (χ0) is 20.0. The number of fused-ring (bicyclic) bond motifs is 2. The minimum atomic E-state index is -0.103. The monoisotopic (exact) mass is 424 g/mol. The van der Waals surface area contributed by atoms with E-state index in [0.717, 1.165) is 29.0 Å². The van der Waals surface area contributed by atoms with Crippen LogP contribution in [-0.4, -0.2) is 41.3 Å². The van der Waals surface area contributed by atoms with Crippen LogP contribution in [0, 0.1) is 6.92 Å². The number of benzene rings is 2. The first kappa shape index (κ1) is 18.7. The molecule has 1 aromatic heterocycles. The molecule has 0 bridgehead atoms. The van der Waals surface area contributed by atoms with Crippen molar-refractivity contribution in [3.05, 3.63) is 52.5 Å². The maximum absolute atomic E-state index is 13.3. The summed E-state index contributed by atoms with van der Waals surface area (Å²) in [6.45, 7) is 4.66. The average molecular weight is 425 g/mol. The van der Waals surface area contributed by atoms with E-state index in [1.807, 2.05) is 35.2 Å². The van der Waals surface area contributed by atoms with Crippen LogP contribution in [0.5, 0.6) is 0 Å². The van der Waals surface area contributed by atoms with Crippen LogP contribution < -0.4 is 4.90 Å². The number of rotatable bonds is 3. The van der Waals surface area contributed by atoms with Gasteiger partial charge < -0.3 is 0 Å². The molecule has 1 amide bonds. The van der Waals surface area contributed by atoms with Crippen LogP contribution in [-0.2, 0) is 4.79 Å². The van der Waals surface area contributed by atoms with Gasteiger partial charge in [0.05, 0.1) is 27.6 Å². The predicted molar refractivity (Wildman–Crippen MR) is 120 cm³/mol.